The lowest BCUT2D eigenvalue weighted by atomic mass is 9.85. The van der Waals surface area contributed by atoms with Crippen LogP contribution in [-0.2, 0) is 0 Å². The molecule has 1 heterocycles. The Labute approximate surface area is 131 Å². The van der Waals surface area contributed by atoms with Crippen LogP contribution in [0.25, 0.3) is 0 Å². The maximum atomic E-state index is 12.7. The first kappa shape index (κ1) is 16.1. The van der Waals surface area contributed by atoms with E-state index in [0.29, 0.717) is 28.9 Å². The molecule has 21 heavy (non-hydrogen) atoms. The summed E-state index contributed by atoms with van der Waals surface area (Å²) < 4.78 is 0. The van der Waals surface area contributed by atoms with Crippen molar-refractivity contribution in [3.05, 3.63) is 22.8 Å². The Hall–Kier alpha value is -1.29. The van der Waals surface area contributed by atoms with Crippen molar-refractivity contribution in [1.29, 1.82) is 0 Å². The molecular weight excluding hydrogens is 286 g/mol. The monoisotopic (exact) mass is 309 g/mol. The molecule has 0 aliphatic heterocycles. The van der Waals surface area contributed by atoms with Gasteiger partial charge in [-0.2, -0.15) is 0 Å². The summed E-state index contributed by atoms with van der Waals surface area (Å²) in [7, 11) is 0. The fourth-order valence-corrected chi connectivity index (χ4v) is 2.65. The van der Waals surface area contributed by atoms with Crippen molar-refractivity contribution in [2.45, 2.75) is 39.5 Å². The average Bonchev–Trinajstić information content (AvgIpc) is 2.45. The van der Waals surface area contributed by atoms with Gasteiger partial charge in [0.2, 0.25) is 0 Å². The lowest BCUT2D eigenvalue weighted by molar-refractivity contribution is 0.0706. The quantitative estimate of drug-likeness (QED) is 0.833. The molecule has 1 aliphatic carbocycles. The van der Waals surface area contributed by atoms with Gasteiger partial charge in [-0.15, -0.1) is 0 Å². The molecule has 1 saturated carbocycles. The lowest BCUT2D eigenvalue weighted by Crippen LogP contribution is -2.37. The zero-order valence-electron chi connectivity index (χ0n) is 12.9. The average molecular weight is 310 g/mol. The molecule has 0 saturated heterocycles. The summed E-state index contributed by atoms with van der Waals surface area (Å²) in [5, 5.41) is 3.62. The highest BCUT2D eigenvalue weighted by atomic mass is 35.5. The number of carbonyl (C=O) groups is 1. The van der Waals surface area contributed by atoms with Crippen molar-refractivity contribution < 1.29 is 4.79 Å². The minimum Gasteiger partial charge on any atom is -0.370 e. The number of hydrogen-bond donors (Lipinski definition) is 1. The Kier molecular flexibility index (Phi) is 5.85. The molecule has 1 aliphatic rings. The maximum Gasteiger partial charge on any atom is 0.255 e. The highest BCUT2D eigenvalue weighted by Crippen LogP contribution is 2.28. The van der Waals surface area contributed by atoms with Crippen molar-refractivity contribution in [3.8, 4) is 0 Å². The van der Waals surface area contributed by atoms with Gasteiger partial charge < -0.3 is 10.2 Å². The molecule has 5 heteroatoms. The van der Waals surface area contributed by atoms with Gasteiger partial charge in [-0.25, -0.2) is 4.98 Å². The van der Waals surface area contributed by atoms with Crippen LogP contribution in [0.1, 0.15) is 49.9 Å². The highest BCUT2D eigenvalue weighted by molar-refractivity contribution is 6.33. The smallest absolute Gasteiger partial charge is 0.255 e. The van der Waals surface area contributed by atoms with E-state index in [1.54, 1.807) is 12.3 Å². The molecule has 0 unspecified atom stereocenters. The number of nitrogens with zero attached hydrogens (tertiary/aromatic N) is 2. The molecule has 1 aromatic rings. The Bertz CT molecular complexity index is 488. The number of pyridine rings is 1. The predicted molar refractivity (Wildman–Crippen MR) is 86.9 cm³/mol. The molecule has 0 spiro atoms. The number of halogens is 1. The van der Waals surface area contributed by atoms with E-state index in [0.717, 1.165) is 19.5 Å². The Morgan fingerprint density at radius 2 is 2.24 bits per heavy atom. The van der Waals surface area contributed by atoms with Crippen LogP contribution >= 0.6 is 11.6 Å². The van der Waals surface area contributed by atoms with Gasteiger partial charge in [-0.05, 0) is 38.2 Å². The van der Waals surface area contributed by atoms with Gasteiger partial charge >= 0.3 is 0 Å². The van der Waals surface area contributed by atoms with Gasteiger partial charge in [-0.3, -0.25) is 4.79 Å². The Morgan fingerprint density at radius 1 is 1.48 bits per heavy atom. The fraction of sp³-hybridized carbons (Fsp3) is 0.625. The maximum absolute atomic E-state index is 12.7. The third-order valence-electron chi connectivity index (χ3n) is 4.01. The van der Waals surface area contributed by atoms with Crippen molar-refractivity contribution in [2.75, 3.05) is 25.0 Å². The Morgan fingerprint density at radius 3 is 2.81 bits per heavy atom. The normalized spacial score (nSPS) is 14.6. The molecule has 0 bridgehead atoms. The van der Waals surface area contributed by atoms with Crippen LogP contribution in [0.3, 0.4) is 0 Å². The minimum absolute atomic E-state index is 0.0105. The molecule has 1 N–H and O–H groups in total. The summed E-state index contributed by atoms with van der Waals surface area (Å²) in [6.45, 7) is 6.49. The molecule has 1 aromatic heterocycles. The third kappa shape index (κ3) is 4.10. The first-order chi connectivity index (χ1) is 10.2. The van der Waals surface area contributed by atoms with Crippen molar-refractivity contribution in [1.82, 2.24) is 9.88 Å². The van der Waals surface area contributed by atoms with Crippen LogP contribution in [0.4, 0.5) is 5.82 Å². The SMILES string of the molecule is CCCNc1cc(C(=O)N(CC)CC2CCC2)c(Cl)cn1. The zero-order valence-corrected chi connectivity index (χ0v) is 13.6. The first-order valence-electron chi connectivity index (χ1n) is 7.84. The first-order valence-corrected chi connectivity index (χ1v) is 8.22. The molecule has 0 atom stereocenters. The van der Waals surface area contributed by atoms with Gasteiger partial charge in [0.1, 0.15) is 5.82 Å². The molecular formula is C16H24ClN3O. The molecule has 0 radical (unpaired) electrons. The molecule has 1 amide bonds. The Balaban J connectivity index is 2.11. The third-order valence-corrected chi connectivity index (χ3v) is 4.32. The summed E-state index contributed by atoms with van der Waals surface area (Å²) in [6.07, 6.45) is 6.33. The van der Waals surface area contributed by atoms with Crippen LogP contribution < -0.4 is 5.32 Å². The topological polar surface area (TPSA) is 45.2 Å². The number of rotatable bonds is 7. The summed E-state index contributed by atoms with van der Waals surface area (Å²) in [5.74, 6) is 1.38. The second kappa shape index (κ2) is 7.64. The molecule has 1 fully saturated rings. The van der Waals surface area contributed by atoms with Crippen molar-refractivity contribution >= 4 is 23.3 Å². The largest absolute Gasteiger partial charge is 0.370 e. The standard InChI is InChI=1S/C16H24ClN3O/c1-3-8-18-15-9-13(14(17)10-19-15)16(21)20(4-2)11-12-6-5-7-12/h9-10,12H,3-8,11H2,1-2H3,(H,18,19). The van der Waals surface area contributed by atoms with E-state index < -0.39 is 0 Å². The lowest BCUT2D eigenvalue weighted by Gasteiger charge is -2.32. The molecule has 4 nitrogen and oxygen atoms in total. The van der Waals surface area contributed by atoms with Gasteiger partial charge in [-0.1, -0.05) is 24.9 Å². The number of carbonyl (C=O) groups excluding carboxylic acids is 1. The number of nitrogens with one attached hydrogen (secondary N) is 1. The second-order valence-corrected chi connectivity index (χ2v) is 6.02. The van der Waals surface area contributed by atoms with E-state index in [4.69, 9.17) is 11.6 Å². The van der Waals surface area contributed by atoms with Gasteiger partial charge in [0.15, 0.2) is 0 Å². The number of anilines is 1. The van der Waals surface area contributed by atoms with Crippen molar-refractivity contribution in [2.24, 2.45) is 5.92 Å². The van der Waals surface area contributed by atoms with Crippen LogP contribution in [-0.4, -0.2) is 35.4 Å². The van der Waals surface area contributed by atoms with Crippen LogP contribution in [0, 0.1) is 5.92 Å². The second-order valence-electron chi connectivity index (χ2n) is 5.62. The number of hydrogen-bond acceptors (Lipinski definition) is 3. The minimum atomic E-state index is 0.0105. The van der Waals surface area contributed by atoms with Gasteiger partial charge in [0.05, 0.1) is 10.6 Å². The van der Waals surface area contributed by atoms with Gasteiger partial charge in [0.25, 0.3) is 5.91 Å². The van der Waals surface area contributed by atoms with E-state index in [1.807, 2.05) is 11.8 Å². The van der Waals surface area contributed by atoms with Crippen molar-refractivity contribution in [3.63, 3.8) is 0 Å². The van der Waals surface area contributed by atoms with E-state index in [-0.39, 0.29) is 5.91 Å². The van der Waals surface area contributed by atoms with Crippen LogP contribution in [0.2, 0.25) is 5.02 Å². The molecule has 116 valence electrons. The summed E-state index contributed by atoms with van der Waals surface area (Å²) in [5.41, 5.74) is 0.548. The highest BCUT2D eigenvalue weighted by Gasteiger charge is 2.24. The predicted octanol–water partition coefficient (Wildman–Crippen LogP) is 3.82. The van der Waals surface area contributed by atoms with E-state index in [9.17, 15) is 4.79 Å². The summed E-state index contributed by atoms with van der Waals surface area (Å²) in [6, 6.07) is 1.77. The van der Waals surface area contributed by atoms with E-state index >= 15 is 0 Å². The number of amides is 1. The van der Waals surface area contributed by atoms with E-state index in [2.05, 4.69) is 17.2 Å². The van der Waals surface area contributed by atoms with Crippen LogP contribution in [0.15, 0.2) is 12.3 Å². The summed E-state index contributed by atoms with van der Waals surface area (Å²) >= 11 is 6.17. The summed E-state index contributed by atoms with van der Waals surface area (Å²) in [4.78, 5) is 18.8. The van der Waals surface area contributed by atoms with Gasteiger partial charge in [0, 0.05) is 25.8 Å². The number of aromatic nitrogens is 1. The van der Waals surface area contributed by atoms with Crippen LogP contribution in [0.5, 0.6) is 0 Å². The zero-order chi connectivity index (χ0) is 15.2. The fourth-order valence-electron chi connectivity index (χ4n) is 2.47. The van der Waals surface area contributed by atoms with E-state index in [1.165, 1.54) is 19.3 Å². The molecule has 2 rings (SSSR count). The molecule has 0 aromatic carbocycles.